The number of carbonyl (C=O) groups excluding carboxylic acids is 1. The van der Waals surface area contributed by atoms with Crippen LogP contribution in [0.1, 0.15) is 19.4 Å². The van der Waals surface area contributed by atoms with Crippen molar-refractivity contribution in [3.8, 4) is 0 Å². The zero-order valence-corrected chi connectivity index (χ0v) is 16.6. The normalized spacial score (nSPS) is 11.0. The molecule has 2 aromatic rings. The van der Waals surface area contributed by atoms with Crippen molar-refractivity contribution in [1.29, 1.82) is 0 Å². The molecule has 0 aromatic heterocycles. The summed E-state index contributed by atoms with van der Waals surface area (Å²) in [5.41, 5.74) is 2.51. The van der Waals surface area contributed by atoms with Crippen LogP contribution in [0.25, 0.3) is 0 Å². The van der Waals surface area contributed by atoms with Gasteiger partial charge in [0.25, 0.3) is 11.7 Å². The van der Waals surface area contributed by atoms with Gasteiger partial charge in [0.05, 0.1) is 6.21 Å². The van der Waals surface area contributed by atoms with E-state index in [4.69, 9.17) is 4.84 Å². The molecule has 0 saturated carbocycles. The van der Waals surface area contributed by atoms with Crippen molar-refractivity contribution in [1.82, 2.24) is 0 Å². The molecule has 0 aliphatic rings. The Morgan fingerprint density at radius 3 is 2.36 bits per heavy atom. The van der Waals surface area contributed by atoms with Crippen LogP contribution in [0.4, 0.5) is 20.2 Å². The molecule has 0 fully saturated rings. The number of anilines is 2. The molecule has 2 aromatic carbocycles. The second-order valence-electron chi connectivity index (χ2n) is 5.72. The van der Waals surface area contributed by atoms with Gasteiger partial charge >= 0.3 is 0 Å². The van der Waals surface area contributed by atoms with Crippen LogP contribution in [0.5, 0.6) is 0 Å². The number of carbonyl (C=O) groups is 1. The van der Waals surface area contributed by atoms with Gasteiger partial charge in [-0.2, -0.15) is 8.78 Å². The molecular formula is C20H23F2N3O2S. The fourth-order valence-electron chi connectivity index (χ4n) is 2.47. The summed E-state index contributed by atoms with van der Waals surface area (Å²) in [6.07, 6.45) is 1.54. The fourth-order valence-corrected chi connectivity index (χ4v) is 2.97. The maximum Gasteiger partial charge on any atom is 0.288 e. The summed E-state index contributed by atoms with van der Waals surface area (Å²) in [7, 11) is 0. The molecule has 28 heavy (non-hydrogen) atoms. The minimum atomic E-state index is -2.47. The predicted molar refractivity (Wildman–Crippen MR) is 110 cm³/mol. The molecule has 0 spiro atoms. The van der Waals surface area contributed by atoms with E-state index in [0.717, 1.165) is 24.3 Å². The Labute approximate surface area is 167 Å². The minimum Gasteiger partial charge on any atom is -0.386 e. The Bertz CT molecular complexity index is 764. The van der Waals surface area contributed by atoms with Crippen molar-refractivity contribution in [3.05, 3.63) is 54.1 Å². The lowest BCUT2D eigenvalue weighted by Gasteiger charge is -2.20. The predicted octanol–water partition coefficient (Wildman–Crippen LogP) is 4.84. The number of hydrogen-bond acceptors (Lipinski definition) is 5. The SMILES string of the molecule is CCN(CC)c1ccc(C=NOCC(=O)Nc2ccc(SC(F)F)cc2)cc1. The zero-order valence-electron chi connectivity index (χ0n) is 15.8. The number of oxime groups is 1. The van der Waals surface area contributed by atoms with Gasteiger partial charge in [0.15, 0.2) is 6.61 Å². The zero-order chi connectivity index (χ0) is 20.4. The van der Waals surface area contributed by atoms with Crippen LogP contribution in [-0.4, -0.2) is 37.6 Å². The van der Waals surface area contributed by atoms with E-state index in [9.17, 15) is 13.6 Å². The number of amides is 1. The standard InChI is InChI=1S/C20H23F2N3O2S/c1-3-25(4-2)17-9-5-15(6-10-17)13-23-27-14-19(26)24-16-7-11-18(12-8-16)28-20(21)22/h5-13,20H,3-4,14H2,1-2H3,(H,24,26). The highest BCUT2D eigenvalue weighted by Gasteiger charge is 2.06. The van der Waals surface area contributed by atoms with Crippen LogP contribution in [-0.2, 0) is 9.63 Å². The molecule has 0 heterocycles. The third-order valence-electron chi connectivity index (χ3n) is 3.86. The van der Waals surface area contributed by atoms with E-state index < -0.39 is 5.76 Å². The molecule has 1 N–H and O–H groups in total. The van der Waals surface area contributed by atoms with Crippen molar-refractivity contribution in [3.63, 3.8) is 0 Å². The molecule has 0 atom stereocenters. The Morgan fingerprint density at radius 1 is 1.14 bits per heavy atom. The van der Waals surface area contributed by atoms with E-state index in [1.807, 2.05) is 24.3 Å². The van der Waals surface area contributed by atoms with Gasteiger partial charge in [0.2, 0.25) is 0 Å². The molecule has 1 amide bonds. The monoisotopic (exact) mass is 407 g/mol. The van der Waals surface area contributed by atoms with Crippen molar-refractivity contribution in [2.45, 2.75) is 24.5 Å². The van der Waals surface area contributed by atoms with Crippen molar-refractivity contribution in [2.24, 2.45) is 5.16 Å². The number of nitrogens with one attached hydrogen (secondary N) is 1. The summed E-state index contributed by atoms with van der Waals surface area (Å²) < 4.78 is 24.6. The average molecular weight is 407 g/mol. The first-order valence-electron chi connectivity index (χ1n) is 8.87. The maximum absolute atomic E-state index is 12.3. The van der Waals surface area contributed by atoms with Crippen molar-refractivity contribution < 1.29 is 18.4 Å². The molecule has 0 aliphatic carbocycles. The Morgan fingerprint density at radius 2 is 1.79 bits per heavy atom. The fraction of sp³-hybridized carbons (Fsp3) is 0.300. The molecule has 0 radical (unpaired) electrons. The number of hydrogen-bond donors (Lipinski definition) is 1. The van der Waals surface area contributed by atoms with Gasteiger partial charge in [-0.3, -0.25) is 4.79 Å². The van der Waals surface area contributed by atoms with Crippen LogP contribution >= 0.6 is 11.8 Å². The quantitative estimate of drug-likeness (QED) is 0.348. The summed E-state index contributed by atoms with van der Waals surface area (Å²) >= 11 is 0.453. The van der Waals surface area contributed by atoms with Crippen LogP contribution in [0, 0.1) is 0 Å². The van der Waals surface area contributed by atoms with Gasteiger partial charge in [-0.15, -0.1) is 0 Å². The second-order valence-corrected chi connectivity index (χ2v) is 6.79. The molecule has 0 saturated heterocycles. The smallest absolute Gasteiger partial charge is 0.288 e. The topological polar surface area (TPSA) is 53.9 Å². The van der Waals surface area contributed by atoms with Crippen LogP contribution in [0.15, 0.2) is 58.6 Å². The second kappa shape index (κ2) is 11.3. The number of halogens is 2. The Kier molecular flexibility index (Phi) is 8.74. The molecule has 8 heteroatoms. The van der Waals surface area contributed by atoms with E-state index in [1.54, 1.807) is 12.1 Å². The highest BCUT2D eigenvalue weighted by molar-refractivity contribution is 7.99. The molecule has 5 nitrogen and oxygen atoms in total. The molecular weight excluding hydrogens is 384 g/mol. The lowest BCUT2D eigenvalue weighted by atomic mass is 10.2. The maximum atomic E-state index is 12.3. The minimum absolute atomic E-state index is 0.248. The van der Waals surface area contributed by atoms with E-state index in [2.05, 4.69) is 29.2 Å². The summed E-state index contributed by atoms with van der Waals surface area (Å²) in [4.78, 5) is 19.5. The molecule has 0 bridgehead atoms. The summed E-state index contributed by atoms with van der Waals surface area (Å²) in [5.74, 6) is -2.86. The molecule has 2 rings (SSSR count). The van der Waals surface area contributed by atoms with E-state index in [0.29, 0.717) is 22.3 Å². The van der Waals surface area contributed by atoms with Gasteiger partial charge in [0, 0.05) is 29.4 Å². The summed E-state index contributed by atoms with van der Waals surface area (Å²) in [5, 5.41) is 6.41. The van der Waals surface area contributed by atoms with E-state index in [-0.39, 0.29) is 12.5 Å². The van der Waals surface area contributed by atoms with Gasteiger partial charge in [-0.1, -0.05) is 29.1 Å². The first-order valence-corrected chi connectivity index (χ1v) is 9.74. The third kappa shape index (κ3) is 7.19. The first-order chi connectivity index (χ1) is 13.5. The lowest BCUT2D eigenvalue weighted by Crippen LogP contribution is -2.21. The number of rotatable bonds is 10. The Hall–Kier alpha value is -2.61. The van der Waals surface area contributed by atoms with Crippen LogP contribution in [0.3, 0.4) is 0 Å². The number of thioether (sulfide) groups is 1. The van der Waals surface area contributed by atoms with E-state index in [1.165, 1.54) is 18.3 Å². The molecule has 0 aliphatic heterocycles. The number of nitrogens with zero attached hydrogens (tertiary/aromatic N) is 2. The van der Waals surface area contributed by atoms with Gasteiger partial charge < -0.3 is 15.1 Å². The third-order valence-corrected chi connectivity index (χ3v) is 4.58. The lowest BCUT2D eigenvalue weighted by molar-refractivity contribution is -0.120. The average Bonchev–Trinajstić information content (AvgIpc) is 2.68. The van der Waals surface area contributed by atoms with Gasteiger partial charge in [0.1, 0.15) is 0 Å². The van der Waals surface area contributed by atoms with Gasteiger partial charge in [-0.25, -0.2) is 0 Å². The van der Waals surface area contributed by atoms with Crippen molar-refractivity contribution >= 4 is 35.3 Å². The first kappa shape index (κ1) is 21.7. The van der Waals surface area contributed by atoms with Gasteiger partial charge in [-0.05, 0) is 55.8 Å². The highest BCUT2D eigenvalue weighted by atomic mass is 32.2. The Balaban J connectivity index is 1.77. The number of alkyl halides is 2. The molecule has 150 valence electrons. The van der Waals surface area contributed by atoms with Crippen LogP contribution in [0.2, 0.25) is 0 Å². The summed E-state index contributed by atoms with van der Waals surface area (Å²) in [6.45, 7) is 5.84. The number of benzene rings is 2. The highest BCUT2D eigenvalue weighted by Crippen LogP contribution is 2.26. The summed E-state index contributed by atoms with van der Waals surface area (Å²) in [6, 6.07) is 14.0. The largest absolute Gasteiger partial charge is 0.386 e. The van der Waals surface area contributed by atoms with Crippen molar-refractivity contribution in [2.75, 3.05) is 29.9 Å². The van der Waals surface area contributed by atoms with E-state index >= 15 is 0 Å². The van der Waals surface area contributed by atoms with Crippen LogP contribution < -0.4 is 10.2 Å². The molecule has 0 unspecified atom stereocenters.